The molecule has 28 heavy (non-hydrogen) atoms. The summed E-state index contributed by atoms with van der Waals surface area (Å²) in [7, 11) is 1.32. The van der Waals surface area contributed by atoms with Gasteiger partial charge in [-0.2, -0.15) is 0 Å². The number of aromatic nitrogens is 2. The van der Waals surface area contributed by atoms with Crippen molar-refractivity contribution in [3.63, 3.8) is 0 Å². The smallest absolute Gasteiger partial charge is 0.350 e. The number of thiophene rings is 1. The van der Waals surface area contributed by atoms with Crippen molar-refractivity contribution in [3.8, 4) is 0 Å². The Morgan fingerprint density at radius 1 is 1.32 bits per heavy atom. The summed E-state index contributed by atoms with van der Waals surface area (Å²) >= 11 is 1.21. The number of hydrogen-bond donors (Lipinski definition) is 1. The highest BCUT2D eigenvalue weighted by Crippen LogP contribution is 2.46. The fourth-order valence-electron chi connectivity index (χ4n) is 3.43. The molecule has 0 aromatic carbocycles. The number of aryl methyl sites for hydroxylation is 1. The predicted molar refractivity (Wildman–Crippen MR) is 110 cm³/mol. The first kappa shape index (κ1) is 18.4. The molecule has 1 N–H and O–H groups in total. The fourth-order valence-corrected chi connectivity index (χ4v) is 4.47. The van der Waals surface area contributed by atoms with Crippen LogP contribution in [0.2, 0.25) is 0 Å². The van der Waals surface area contributed by atoms with Gasteiger partial charge in [0.25, 0.3) is 0 Å². The SMILES string of the molecule is COC(=O)c1sc2nccc3c2c1NC(=O)N3c1cnc(CC(C)C)cc1C. The van der Waals surface area contributed by atoms with Crippen LogP contribution in [0.5, 0.6) is 0 Å². The molecule has 0 fully saturated rings. The van der Waals surface area contributed by atoms with E-state index in [0.29, 0.717) is 32.7 Å². The van der Waals surface area contributed by atoms with E-state index in [1.165, 1.54) is 18.4 Å². The highest BCUT2D eigenvalue weighted by molar-refractivity contribution is 7.21. The van der Waals surface area contributed by atoms with Crippen molar-refractivity contribution in [2.75, 3.05) is 17.3 Å². The lowest BCUT2D eigenvalue weighted by molar-refractivity contribution is 0.0607. The van der Waals surface area contributed by atoms with Crippen LogP contribution in [0.3, 0.4) is 0 Å². The lowest BCUT2D eigenvalue weighted by Crippen LogP contribution is -2.34. The zero-order valence-electron chi connectivity index (χ0n) is 16.1. The minimum absolute atomic E-state index is 0.340. The topological polar surface area (TPSA) is 84.4 Å². The number of hydrogen-bond acceptors (Lipinski definition) is 6. The number of esters is 1. The average Bonchev–Trinajstić information content (AvgIpc) is 3.02. The first-order chi connectivity index (χ1) is 13.4. The van der Waals surface area contributed by atoms with Crippen molar-refractivity contribution in [1.29, 1.82) is 0 Å². The monoisotopic (exact) mass is 396 g/mol. The van der Waals surface area contributed by atoms with Crippen molar-refractivity contribution in [3.05, 3.63) is 40.7 Å². The molecule has 0 radical (unpaired) electrons. The van der Waals surface area contributed by atoms with Crippen LogP contribution in [0.25, 0.3) is 10.2 Å². The van der Waals surface area contributed by atoms with Crippen LogP contribution in [0.4, 0.5) is 21.9 Å². The summed E-state index contributed by atoms with van der Waals surface area (Å²) in [6.45, 7) is 6.26. The number of carbonyl (C=O) groups excluding carboxylic acids is 2. The second-order valence-corrected chi connectivity index (χ2v) is 8.13. The molecule has 7 nitrogen and oxygen atoms in total. The Balaban J connectivity index is 1.86. The number of pyridine rings is 2. The van der Waals surface area contributed by atoms with Crippen molar-refractivity contribution in [1.82, 2.24) is 9.97 Å². The van der Waals surface area contributed by atoms with Crippen molar-refractivity contribution in [2.45, 2.75) is 27.2 Å². The lowest BCUT2D eigenvalue weighted by Gasteiger charge is -2.29. The van der Waals surface area contributed by atoms with Gasteiger partial charge in [0.1, 0.15) is 9.71 Å². The fraction of sp³-hybridized carbons (Fsp3) is 0.300. The van der Waals surface area contributed by atoms with Crippen molar-refractivity contribution < 1.29 is 14.3 Å². The number of ether oxygens (including phenoxy) is 1. The van der Waals surface area contributed by atoms with E-state index >= 15 is 0 Å². The molecule has 8 heteroatoms. The Kier molecular flexibility index (Phi) is 4.50. The minimum atomic E-state index is -0.492. The van der Waals surface area contributed by atoms with E-state index in [-0.39, 0.29) is 6.03 Å². The van der Waals surface area contributed by atoms with Crippen LogP contribution in [0.15, 0.2) is 24.5 Å². The van der Waals surface area contributed by atoms with Gasteiger partial charge in [-0.15, -0.1) is 11.3 Å². The van der Waals surface area contributed by atoms with Gasteiger partial charge in [0.2, 0.25) is 0 Å². The zero-order valence-corrected chi connectivity index (χ0v) is 16.9. The molecule has 4 rings (SSSR count). The Morgan fingerprint density at radius 3 is 2.79 bits per heavy atom. The molecule has 4 heterocycles. The summed E-state index contributed by atoms with van der Waals surface area (Å²) in [5.74, 6) is 0.00884. The first-order valence-electron chi connectivity index (χ1n) is 8.97. The molecule has 0 atom stereocenters. The molecule has 3 aromatic rings. The number of rotatable bonds is 4. The van der Waals surface area contributed by atoms with Gasteiger partial charge in [-0.05, 0) is 37.0 Å². The largest absolute Gasteiger partial charge is 0.465 e. The third kappa shape index (κ3) is 2.90. The Morgan fingerprint density at radius 2 is 2.11 bits per heavy atom. The average molecular weight is 396 g/mol. The Bertz CT molecular complexity index is 1110. The van der Waals surface area contributed by atoms with Crippen molar-refractivity contribution in [2.24, 2.45) is 5.92 Å². The molecule has 0 bridgehead atoms. The molecule has 0 unspecified atom stereocenters. The van der Waals surface area contributed by atoms with E-state index < -0.39 is 5.97 Å². The van der Waals surface area contributed by atoms with E-state index in [9.17, 15) is 9.59 Å². The second kappa shape index (κ2) is 6.87. The van der Waals surface area contributed by atoms with E-state index in [4.69, 9.17) is 4.74 Å². The molecule has 0 saturated heterocycles. The maximum atomic E-state index is 13.0. The lowest BCUT2D eigenvalue weighted by atomic mass is 10.1. The highest BCUT2D eigenvalue weighted by atomic mass is 32.1. The maximum absolute atomic E-state index is 13.0. The van der Waals surface area contributed by atoms with Crippen LogP contribution >= 0.6 is 11.3 Å². The maximum Gasteiger partial charge on any atom is 0.350 e. The number of carbonyl (C=O) groups is 2. The molecule has 1 aliphatic rings. The number of nitrogens with one attached hydrogen (secondary N) is 1. The Labute approximate surface area is 166 Å². The number of urea groups is 1. The molecule has 2 amide bonds. The molecule has 0 spiro atoms. The minimum Gasteiger partial charge on any atom is -0.465 e. The predicted octanol–water partition coefficient (Wildman–Crippen LogP) is 4.67. The highest BCUT2D eigenvalue weighted by Gasteiger charge is 2.33. The quantitative estimate of drug-likeness (QED) is 0.648. The summed E-state index contributed by atoms with van der Waals surface area (Å²) in [5.41, 5.74) is 3.79. The van der Waals surface area contributed by atoms with Gasteiger partial charge in [0, 0.05) is 11.9 Å². The van der Waals surface area contributed by atoms with Gasteiger partial charge in [-0.3, -0.25) is 9.88 Å². The van der Waals surface area contributed by atoms with Gasteiger partial charge in [-0.1, -0.05) is 13.8 Å². The normalized spacial score (nSPS) is 13.2. The number of nitrogens with zero attached hydrogens (tertiary/aromatic N) is 3. The first-order valence-corrected chi connectivity index (χ1v) is 9.78. The summed E-state index contributed by atoms with van der Waals surface area (Å²) in [5, 5.41) is 3.57. The summed E-state index contributed by atoms with van der Waals surface area (Å²) in [6, 6.07) is 3.45. The molecular weight excluding hydrogens is 376 g/mol. The summed E-state index contributed by atoms with van der Waals surface area (Å²) < 4.78 is 4.85. The number of methoxy groups -OCH3 is 1. The molecule has 144 valence electrons. The third-order valence-corrected chi connectivity index (χ3v) is 5.69. The van der Waals surface area contributed by atoms with Gasteiger partial charge in [-0.25, -0.2) is 14.6 Å². The Hall–Kier alpha value is -3.00. The molecule has 0 saturated carbocycles. The van der Waals surface area contributed by atoms with E-state index in [1.54, 1.807) is 23.4 Å². The van der Waals surface area contributed by atoms with Gasteiger partial charge >= 0.3 is 12.0 Å². The van der Waals surface area contributed by atoms with Gasteiger partial charge in [0.15, 0.2) is 0 Å². The molecule has 3 aromatic heterocycles. The summed E-state index contributed by atoms with van der Waals surface area (Å²) in [4.78, 5) is 36.6. The molecule has 1 aliphatic heterocycles. The van der Waals surface area contributed by atoms with Crippen LogP contribution in [0.1, 0.15) is 34.8 Å². The van der Waals surface area contributed by atoms with E-state index in [0.717, 1.165) is 23.1 Å². The van der Waals surface area contributed by atoms with Gasteiger partial charge in [0.05, 0.1) is 35.8 Å². The van der Waals surface area contributed by atoms with Crippen LogP contribution < -0.4 is 10.2 Å². The van der Waals surface area contributed by atoms with Crippen molar-refractivity contribution >= 4 is 50.6 Å². The van der Waals surface area contributed by atoms with Crippen LogP contribution in [-0.4, -0.2) is 29.1 Å². The number of amides is 2. The third-order valence-electron chi connectivity index (χ3n) is 4.61. The molecule has 0 aliphatic carbocycles. The van der Waals surface area contributed by atoms with E-state index in [2.05, 4.69) is 29.1 Å². The van der Waals surface area contributed by atoms with Crippen LogP contribution in [-0.2, 0) is 11.2 Å². The van der Waals surface area contributed by atoms with Crippen LogP contribution in [0, 0.1) is 12.8 Å². The zero-order chi connectivity index (χ0) is 20.0. The van der Waals surface area contributed by atoms with Gasteiger partial charge < -0.3 is 10.1 Å². The van der Waals surface area contributed by atoms with E-state index in [1.807, 2.05) is 13.0 Å². The second-order valence-electron chi connectivity index (χ2n) is 7.13. The molecular formula is C20H20N4O3S. The number of anilines is 3. The summed E-state index contributed by atoms with van der Waals surface area (Å²) in [6.07, 6.45) is 4.25. The standard InChI is InChI=1S/C20H20N4O3S/c1-10(2)7-12-8-11(3)14(9-22-12)24-13-5-6-21-18-15(13)16(23-20(24)26)17(28-18)19(25)27-4/h5-6,8-10H,7H2,1-4H3,(H,23,26).